The van der Waals surface area contributed by atoms with E-state index in [0.29, 0.717) is 35.9 Å². The van der Waals surface area contributed by atoms with E-state index in [1.807, 2.05) is 60.7 Å². The van der Waals surface area contributed by atoms with Crippen molar-refractivity contribution in [3.8, 4) is 5.75 Å². The van der Waals surface area contributed by atoms with E-state index >= 15 is 0 Å². The van der Waals surface area contributed by atoms with Crippen molar-refractivity contribution >= 4 is 17.4 Å². The molecule has 0 radical (unpaired) electrons. The molecule has 1 aliphatic carbocycles. The fourth-order valence-corrected chi connectivity index (χ4v) is 6.15. The van der Waals surface area contributed by atoms with Crippen LogP contribution in [0.2, 0.25) is 0 Å². The Morgan fingerprint density at radius 1 is 0.800 bits per heavy atom. The van der Waals surface area contributed by atoms with Gasteiger partial charge in [0.05, 0.1) is 13.7 Å². The lowest BCUT2D eigenvalue weighted by Crippen LogP contribution is -2.37. The molecule has 5 rings (SSSR count). The van der Waals surface area contributed by atoms with Crippen molar-refractivity contribution in [3.63, 3.8) is 0 Å². The van der Waals surface area contributed by atoms with Gasteiger partial charge in [0.15, 0.2) is 5.78 Å². The first-order valence-corrected chi connectivity index (χ1v) is 16.1. The highest BCUT2D eigenvalue weighted by atomic mass is 16.5. The van der Waals surface area contributed by atoms with Gasteiger partial charge < -0.3 is 14.8 Å². The number of benzene rings is 4. The minimum atomic E-state index is -0.665. The first kappa shape index (κ1) is 32.0. The zero-order valence-electron chi connectivity index (χ0n) is 26.2. The number of hydrogen-bond acceptors (Lipinski definition) is 6. The standard InChI is InChI=1S/C39H44N2O4/c1-44-39(43)37(40-36-21-12-11-20-35(36)38(42)32-16-7-3-8-17-32)28-30-22-24-34(25-23-30)45-27-13-26-41(33-18-9-4-10-19-33)29-31-14-5-2-6-15-31/h2-3,5-8,11-12,14-17,20-25,33,37,40H,4,9-10,13,18-19,26-29H2,1H3/t37-/m0/s1. The van der Waals surface area contributed by atoms with Crippen LogP contribution in [0.3, 0.4) is 0 Å². The predicted octanol–water partition coefficient (Wildman–Crippen LogP) is 7.72. The van der Waals surface area contributed by atoms with Crippen LogP contribution < -0.4 is 10.1 Å². The van der Waals surface area contributed by atoms with Crippen molar-refractivity contribution in [2.24, 2.45) is 0 Å². The van der Waals surface area contributed by atoms with E-state index in [1.54, 1.807) is 18.2 Å². The Bertz CT molecular complexity index is 1480. The van der Waals surface area contributed by atoms with E-state index in [0.717, 1.165) is 30.8 Å². The van der Waals surface area contributed by atoms with E-state index in [2.05, 4.69) is 40.5 Å². The van der Waals surface area contributed by atoms with Crippen molar-refractivity contribution in [2.75, 3.05) is 25.6 Å². The van der Waals surface area contributed by atoms with Crippen LogP contribution >= 0.6 is 0 Å². The molecule has 234 valence electrons. The van der Waals surface area contributed by atoms with Crippen molar-refractivity contribution < 1.29 is 19.1 Å². The van der Waals surface area contributed by atoms with Gasteiger partial charge in [-0.3, -0.25) is 9.69 Å². The second-order valence-corrected chi connectivity index (χ2v) is 11.8. The van der Waals surface area contributed by atoms with Crippen molar-refractivity contribution in [1.82, 2.24) is 4.90 Å². The second kappa shape index (κ2) is 16.6. The van der Waals surface area contributed by atoms with Crippen LogP contribution in [0.15, 0.2) is 109 Å². The Morgan fingerprint density at radius 2 is 1.47 bits per heavy atom. The summed E-state index contributed by atoms with van der Waals surface area (Å²) in [5, 5.41) is 3.28. The minimum absolute atomic E-state index is 0.106. The average molecular weight is 605 g/mol. The van der Waals surface area contributed by atoms with Gasteiger partial charge in [0, 0.05) is 42.4 Å². The van der Waals surface area contributed by atoms with E-state index < -0.39 is 12.0 Å². The Labute approximate surface area is 267 Å². The van der Waals surface area contributed by atoms with Gasteiger partial charge in [0.2, 0.25) is 0 Å². The number of carbonyl (C=O) groups is 2. The fraction of sp³-hybridized carbons (Fsp3) is 0.333. The number of rotatable bonds is 15. The third kappa shape index (κ3) is 9.29. The molecule has 0 spiro atoms. The summed E-state index contributed by atoms with van der Waals surface area (Å²) in [7, 11) is 1.38. The molecule has 45 heavy (non-hydrogen) atoms. The molecule has 4 aromatic carbocycles. The second-order valence-electron chi connectivity index (χ2n) is 11.8. The normalized spacial score (nSPS) is 14.1. The summed E-state index contributed by atoms with van der Waals surface area (Å²) >= 11 is 0. The number of carbonyl (C=O) groups excluding carboxylic acids is 2. The first-order chi connectivity index (χ1) is 22.1. The molecule has 1 saturated carbocycles. The molecule has 0 saturated heterocycles. The van der Waals surface area contributed by atoms with Gasteiger partial charge in [-0.05, 0) is 54.7 Å². The lowest BCUT2D eigenvalue weighted by Gasteiger charge is -2.34. The number of nitrogens with zero attached hydrogens (tertiary/aromatic N) is 1. The maximum Gasteiger partial charge on any atom is 0.328 e. The summed E-state index contributed by atoms with van der Waals surface area (Å²) in [5.41, 5.74) is 4.02. The van der Waals surface area contributed by atoms with Crippen LogP contribution in [-0.4, -0.2) is 49.0 Å². The topological polar surface area (TPSA) is 67.9 Å². The molecule has 6 nitrogen and oxygen atoms in total. The summed E-state index contributed by atoms with van der Waals surface area (Å²) in [4.78, 5) is 28.7. The van der Waals surface area contributed by atoms with Gasteiger partial charge in [-0.15, -0.1) is 0 Å². The third-order valence-electron chi connectivity index (χ3n) is 8.56. The molecule has 0 aromatic heterocycles. The van der Waals surface area contributed by atoms with Crippen molar-refractivity contribution in [3.05, 3.63) is 131 Å². The highest BCUT2D eigenvalue weighted by Gasteiger charge is 2.23. The zero-order valence-corrected chi connectivity index (χ0v) is 26.2. The molecular formula is C39H44N2O4. The SMILES string of the molecule is COC(=O)[C@H](Cc1ccc(OCCCN(Cc2ccccc2)C2CCCCC2)cc1)Nc1ccccc1C(=O)c1ccccc1. The molecule has 1 N–H and O–H groups in total. The van der Waals surface area contributed by atoms with Gasteiger partial charge in [-0.1, -0.05) is 104 Å². The van der Waals surface area contributed by atoms with Crippen LogP contribution in [0.5, 0.6) is 5.75 Å². The van der Waals surface area contributed by atoms with E-state index in [-0.39, 0.29) is 5.78 Å². The quantitative estimate of drug-likeness (QED) is 0.0852. The molecular weight excluding hydrogens is 560 g/mol. The number of hydrogen-bond donors (Lipinski definition) is 1. The van der Waals surface area contributed by atoms with Crippen molar-refractivity contribution in [2.45, 2.75) is 63.6 Å². The van der Waals surface area contributed by atoms with Gasteiger partial charge in [-0.2, -0.15) is 0 Å². The van der Waals surface area contributed by atoms with E-state index in [1.165, 1.54) is 44.8 Å². The molecule has 4 aromatic rings. The zero-order chi connectivity index (χ0) is 31.3. The number of methoxy groups -OCH3 is 1. The molecule has 1 fully saturated rings. The van der Waals surface area contributed by atoms with Crippen molar-refractivity contribution in [1.29, 1.82) is 0 Å². The number of para-hydroxylation sites is 1. The Balaban J connectivity index is 1.16. The van der Waals surface area contributed by atoms with Gasteiger partial charge in [0.25, 0.3) is 0 Å². The smallest absolute Gasteiger partial charge is 0.328 e. The third-order valence-corrected chi connectivity index (χ3v) is 8.56. The number of nitrogens with one attached hydrogen (secondary N) is 1. The number of ether oxygens (including phenoxy) is 2. The summed E-state index contributed by atoms with van der Waals surface area (Å²) in [6.07, 6.45) is 7.92. The minimum Gasteiger partial charge on any atom is -0.494 e. The molecule has 1 aliphatic rings. The number of ketones is 1. The molecule has 6 heteroatoms. The summed E-state index contributed by atoms with van der Waals surface area (Å²) < 4.78 is 11.2. The largest absolute Gasteiger partial charge is 0.494 e. The van der Waals surface area contributed by atoms with Crippen LogP contribution in [0.1, 0.15) is 65.6 Å². The van der Waals surface area contributed by atoms with E-state index in [4.69, 9.17) is 9.47 Å². The molecule has 0 unspecified atom stereocenters. The summed E-state index contributed by atoms with van der Waals surface area (Å²) in [6.45, 7) is 2.65. The lowest BCUT2D eigenvalue weighted by molar-refractivity contribution is -0.141. The van der Waals surface area contributed by atoms with Crippen LogP contribution in [0.4, 0.5) is 5.69 Å². The summed E-state index contributed by atoms with van der Waals surface area (Å²) in [5.74, 6) is 0.313. The first-order valence-electron chi connectivity index (χ1n) is 16.1. The van der Waals surface area contributed by atoms with Crippen LogP contribution in [0.25, 0.3) is 0 Å². The fourth-order valence-electron chi connectivity index (χ4n) is 6.15. The number of esters is 1. The summed E-state index contributed by atoms with van der Waals surface area (Å²) in [6, 6.07) is 35.0. The number of anilines is 1. The maximum atomic E-state index is 13.2. The van der Waals surface area contributed by atoms with E-state index in [9.17, 15) is 9.59 Å². The Kier molecular flexibility index (Phi) is 11.8. The predicted molar refractivity (Wildman–Crippen MR) is 180 cm³/mol. The maximum absolute atomic E-state index is 13.2. The van der Waals surface area contributed by atoms with Gasteiger partial charge in [0.1, 0.15) is 11.8 Å². The van der Waals surface area contributed by atoms with Gasteiger partial charge >= 0.3 is 5.97 Å². The average Bonchev–Trinajstić information content (AvgIpc) is 3.10. The Hall–Kier alpha value is -4.42. The molecule has 0 aliphatic heterocycles. The van der Waals surface area contributed by atoms with Crippen LogP contribution in [0, 0.1) is 0 Å². The lowest BCUT2D eigenvalue weighted by atomic mass is 9.93. The highest BCUT2D eigenvalue weighted by molar-refractivity contribution is 6.12. The Morgan fingerprint density at radius 3 is 2.18 bits per heavy atom. The highest BCUT2D eigenvalue weighted by Crippen LogP contribution is 2.25. The monoisotopic (exact) mass is 604 g/mol. The van der Waals surface area contributed by atoms with Gasteiger partial charge in [-0.25, -0.2) is 4.79 Å². The molecule has 0 amide bonds. The molecule has 0 bridgehead atoms. The van der Waals surface area contributed by atoms with Crippen LogP contribution in [-0.2, 0) is 22.5 Å². The molecule has 1 atom stereocenters. The molecule has 0 heterocycles.